The fourth-order valence-electron chi connectivity index (χ4n) is 1.64. The second kappa shape index (κ2) is 7.04. The monoisotopic (exact) mass is 297 g/mol. The molecule has 1 amide bonds. The van der Waals surface area contributed by atoms with Crippen LogP contribution in [0.4, 0.5) is 0 Å². The lowest BCUT2D eigenvalue weighted by Crippen LogP contribution is -2.29. The summed E-state index contributed by atoms with van der Waals surface area (Å²) in [6, 6.07) is 5.64. The summed E-state index contributed by atoms with van der Waals surface area (Å²) in [7, 11) is 0. The van der Waals surface area contributed by atoms with Gasteiger partial charge in [-0.3, -0.25) is 9.59 Å². The summed E-state index contributed by atoms with van der Waals surface area (Å²) in [5.74, 6) is 0.720. The quantitative estimate of drug-likeness (QED) is 0.766. The number of ether oxygens (including phenoxy) is 2. The zero-order valence-corrected chi connectivity index (χ0v) is 11.6. The number of carboxylic acids is 1. The third-order valence-corrected chi connectivity index (χ3v) is 3.54. The molecule has 7 heteroatoms. The number of carboxylic acid groups (broad SMARTS) is 1. The van der Waals surface area contributed by atoms with Crippen LogP contribution in [0.5, 0.6) is 11.5 Å². The van der Waals surface area contributed by atoms with E-state index in [1.165, 1.54) is 11.8 Å². The lowest BCUT2D eigenvalue weighted by Gasteiger charge is -2.18. The molecule has 2 rings (SSSR count). The van der Waals surface area contributed by atoms with Crippen molar-refractivity contribution in [1.82, 2.24) is 5.32 Å². The molecule has 0 unspecified atom stereocenters. The van der Waals surface area contributed by atoms with E-state index in [0.717, 1.165) is 16.4 Å². The van der Waals surface area contributed by atoms with Gasteiger partial charge in [-0.1, -0.05) is 0 Å². The number of hydrogen-bond acceptors (Lipinski definition) is 5. The third-order valence-electron chi connectivity index (χ3n) is 2.55. The van der Waals surface area contributed by atoms with Crippen LogP contribution in [0, 0.1) is 0 Å². The van der Waals surface area contributed by atoms with E-state index in [2.05, 4.69) is 5.32 Å². The minimum atomic E-state index is -1.04. The first-order valence-electron chi connectivity index (χ1n) is 6.16. The highest BCUT2D eigenvalue weighted by Gasteiger charge is 2.12. The van der Waals surface area contributed by atoms with Crippen LogP contribution in [-0.2, 0) is 9.59 Å². The molecule has 108 valence electrons. The summed E-state index contributed by atoms with van der Waals surface area (Å²) in [6.45, 7) is 0.759. The average Bonchev–Trinajstić information content (AvgIpc) is 2.45. The fraction of sp³-hybridized carbons (Fsp3) is 0.385. The Bertz CT molecular complexity index is 506. The molecule has 1 aromatic rings. The van der Waals surface area contributed by atoms with Crippen molar-refractivity contribution >= 4 is 23.6 Å². The van der Waals surface area contributed by atoms with Crippen molar-refractivity contribution in [2.45, 2.75) is 11.3 Å². The SMILES string of the molecule is O=C(O)CNC(=O)CCSc1ccc2c(c1)OCCO2. The van der Waals surface area contributed by atoms with Gasteiger partial charge in [0.2, 0.25) is 5.91 Å². The fourth-order valence-corrected chi connectivity index (χ4v) is 2.52. The maximum atomic E-state index is 11.3. The van der Waals surface area contributed by atoms with E-state index in [0.29, 0.717) is 19.0 Å². The minimum absolute atomic E-state index is 0.266. The molecule has 1 aliphatic rings. The van der Waals surface area contributed by atoms with Gasteiger partial charge in [0.05, 0.1) is 0 Å². The first kappa shape index (κ1) is 14.5. The molecule has 0 aromatic heterocycles. The highest BCUT2D eigenvalue weighted by molar-refractivity contribution is 7.99. The van der Waals surface area contributed by atoms with Crippen LogP contribution in [-0.4, -0.2) is 42.5 Å². The number of hydrogen-bond donors (Lipinski definition) is 2. The van der Waals surface area contributed by atoms with Gasteiger partial charge in [-0.25, -0.2) is 0 Å². The van der Waals surface area contributed by atoms with E-state index in [1.807, 2.05) is 18.2 Å². The Morgan fingerprint density at radius 1 is 1.25 bits per heavy atom. The lowest BCUT2D eigenvalue weighted by molar-refractivity contribution is -0.137. The molecule has 20 heavy (non-hydrogen) atoms. The summed E-state index contributed by atoms with van der Waals surface area (Å²) >= 11 is 1.51. The number of amides is 1. The van der Waals surface area contributed by atoms with E-state index >= 15 is 0 Å². The van der Waals surface area contributed by atoms with Crippen LogP contribution in [0.2, 0.25) is 0 Å². The van der Waals surface area contributed by atoms with Crippen molar-refractivity contribution in [3.8, 4) is 11.5 Å². The van der Waals surface area contributed by atoms with E-state index in [-0.39, 0.29) is 18.9 Å². The van der Waals surface area contributed by atoms with E-state index < -0.39 is 5.97 Å². The molecule has 0 atom stereocenters. The first-order valence-corrected chi connectivity index (χ1v) is 7.14. The molecule has 0 saturated carbocycles. The number of thioether (sulfide) groups is 1. The Morgan fingerprint density at radius 3 is 2.75 bits per heavy atom. The van der Waals surface area contributed by atoms with Crippen molar-refractivity contribution in [1.29, 1.82) is 0 Å². The lowest BCUT2D eigenvalue weighted by atomic mass is 10.3. The van der Waals surface area contributed by atoms with Gasteiger partial charge in [0.1, 0.15) is 19.8 Å². The van der Waals surface area contributed by atoms with E-state index in [4.69, 9.17) is 14.6 Å². The third kappa shape index (κ3) is 4.34. The maximum Gasteiger partial charge on any atom is 0.322 e. The topological polar surface area (TPSA) is 84.9 Å². The molecule has 2 N–H and O–H groups in total. The van der Waals surface area contributed by atoms with Crippen LogP contribution >= 0.6 is 11.8 Å². The van der Waals surface area contributed by atoms with Gasteiger partial charge in [0, 0.05) is 17.1 Å². The number of fused-ring (bicyclic) bond motifs is 1. The molecule has 6 nitrogen and oxygen atoms in total. The van der Waals surface area contributed by atoms with Gasteiger partial charge in [0.25, 0.3) is 0 Å². The van der Waals surface area contributed by atoms with Crippen molar-refractivity contribution < 1.29 is 24.2 Å². The maximum absolute atomic E-state index is 11.3. The van der Waals surface area contributed by atoms with Crippen LogP contribution in [0.1, 0.15) is 6.42 Å². The number of aliphatic carboxylic acids is 1. The molecular weight excluding hydrogens is 282 g/mol. The highest BCUT2D eigenvalue weighted by atomic mass is 32.2. The van der Waals surface area contributed by atoms with Crippen molar-refractivity contribution in [2.24, 2.45) is 0 Å². The summed E-state index contributed by atoms with van der Waals surface area (Å²) in [5.41, 5.74) is 0. The summed E-state index contributed by atoms with van der Waals surface area (Å²) in [4.78, 5) is 22.6. The van der Waals surface area contributed by atoms with Crippen LogP contribution in [0.3, 0.4) is 0 Å². The Kier molecular flexibility index (Phi) is 5.11. The smallest absolute Gasteiger partial charge is 0.322 e. The van der Waals surface area contributed by atoms with Crippen molar-refractivity contribution in [3.63, 3.8) is 0 Å². The Morgan fingerprint density at radius 2 is 2.00 bits per heavy atom. The Labute approximate surface area is 120 Å². The number of carbonyl (C=O) groups excluding carboxylic acids is 1. The van der Waals surface area contributed by atoms with Gasteiger partial charge < -0.3 is 19.9 Å². The van der Waals surface area contributed by atoms with Crippen LogP contribution in [0.25, 0.3) is 0 Å². The largest absolute Gasteiger partial charge is 0.486 e. The van der Waals surface area contributed by atoms with Gasteiger partial charge in [-0.2, -0.15) is 0 Å². The molecule has 0 saturated heterocycles. The van der Waals surface area contributed by atoms with Crippen molar-refractivity contribution in [3.05, 3.63) is 18.2 Å². The van der Waals surface area contributed by atoms with Crippen LogP contribution < -0.4 is 14.8 Å². The first-order chi connectivity index (χ1) is 9.65. The summed E-state index contributed by atoms with van der Waals surface area (Å²) < 4.78 is 10.9. The molecule has 0 aliphatic carbocycles. The molecule has 1 heterocycles. The van der Waals surface area contributed by atoms with Crippen molar-refractivity contribution in [2.75, 3.05) is 25.5 Å². The standard InChI is InChI=1S/C13H15NO5S/c15-12(14-8-13(16)17)3-6-20-9-1-2-10-11(7-9)19-5-4-18-10/h1-2,7H,3-6,8H2,(H,14,15)(H,16,17). The molecule has 1 aromatic carbocycles. The summed E-state index contributed by atoms with van der Waals surface area (Å²) in [6.07, 6.45) is 0.270. The Balaban J connectivity index is 1.76. The molecule has 0 fully saturated rings. The van der Waals surface area contributed by atoms with E-state index in [9.17, 15) is 9.59 Å². The summed E-state index contributed by atoms with van der Waals surface area (Å²) in [5, 5.41) is 10.8. The van der Waals surface area contributed by atoms with Crippen LogP contribution in [0.15, 0.2) is 23.1 Å². The van der Waals surface area contributed by atoms with Gasteiger partial charge >= 0.3 is 5.97 Å². The molecule has 1 aliphatic heterocycles. The minimum Gasteiger partial charge on any atom is -0.486 e. The highest BCUT2D eigenvalue weighted by Crippen LogP contribution is 2.34. The van der Waals surface area contributed by atoms with Gasteiger partial charge in [-0.15, -0.1) is 11.8 Å². The number of carbonyl (C=O) groups is 2. The predicted molar refractivity (Wildman–Crippen MR) is 73.4 cm³/mol. The number of rotatable bonds is 6. The van der Waals surface area contributed by atoms with E-state index in [1.54, 1.807) is 0 Å². The second-order valence-electron chi connectivity index (χ2n) is 4.07. The zero-order valence-electron chi connectivity index (χ0n) is 10.8. The molecule has 0 spiro atoms. The Hall–Kier alpha value is -1.89. The molecular formula is C13H15NO5S. The van der Waals surface area contributed by atoms with Gasteiger partial charge in [0.15, 0.2) is 11.5 Å². The number of nitrogens with one attached hydrogen (secondary N) is 1. The predicted octanol–water partition coefficient (Wildman–Crippen LogP) is 1.14. The zero-order chi connectivity index (χ0) is 14.4. The average molecular weight is 297 g/mol. The normalized spacial score (nSPS) is 12.8. The molecule has 0 radical (unpaired) electrons. The van der Waals surface area contributed by atoms with Gasteiger partial charge in [-0.05, 0) is 18.2 Å². The molecule has 0 bridgehead atoms. The number of benzene rings is 1. The second-order valence-corrected chi connectivity index (χ2v) is 5.24.